The molecule has 10 heteroatoms. The summed E-state index contributed by atoms with van der Waals surface area (Å²) in [4.78, 5) is 7.61. The summed E-state index contributed by atoms with van der Waals surface area (Å²) >= 11 is 0.934. The van der Waals surface area contributed by atoms with Gasteiger partial charge < -0.3 is 20.1 Å². The first-order valence-corrected chi connectivity index (χ1v) is 8.94. The summed E-state index contributed by atoms with van der Waals surface area (Å²) in [6.45, 7) is 0.644. The van der Waals surface area contributed by atoms with Crippen molar-refractivity contribution in [1.29, 1.82) is 0 Å². The Bertz CT molecular complexity index is 859. The van der Waals surface area contributed by atoms with Gasteiger partial charge in [0.1, 0.15) is 11.6 Å². The summed E-state index contributed by atoms with van der Waals surface area (Å²) in [6, 6.07) is 5.39. The molecule has 0 aliphatic rings. The minimum atomic E-state index is -4.44. The van der Waals surface area contributed by atoms with Gasteiger partial charge in [-0.05, 0) is 17.7 Å². The Morgan fingerprint density at radius 3 is 2.64 bits per heavy atom. The Hall–Kier alpha value is -2.93. The standard InChI is InChI=1S/C18H19F3N4O2S/c1-4-7-27-14-8-12(5-6-13(14)26-3)9-23-17(22-2)24-10-16-25-15(11-28-16)18(19,20)21/h1,5-6,8,11H,7,9-10H2,2-3H3,(H2,22,23,24). The summed E-state index contributed by atoms with van der Waals surface area (Å²) in [5.41, 5.74) is -0.0145. The molecule has 6 nitrogen and oxygen atoms in total. The third-order valence-electron chi connectivity index (χ3n) is 3.47. The van der Waals surface area contributed by atoms with Crippen LogP contribution in [0, 0.1) is 12.3 Å². The van der Waals surface area contributed by atoms with E-state index < -0.39 is 11.9 Å². The molecule has 0 saturated heterocycles. The van der Waals surface area contributed by atoms with Gasteiger partial charge in [0.15, 0.2) is 23.2 Å². The quantitative estimate of drug-likeness (QED) is 0.416. The predicted octanol–water partition coefficient (Wildman–Crippen LogP) is 3.05. The van der Waals surface area contributed by atoms with Gasteiger partial charge in [-0.1, -0.05) is 12.0 Å². The van der Waals surface area contributed by atoms with Crippen LogP contribution in [0.1, 0.15) is 16.3 Å². The molecule has 0 bridgehead atoms. The van der Waals surface area contributed by atoms with E-state index in [2.05, 4.69) is 26.5 Å². The lowest BCUT2D eigenvalue weighted by Gasteiger charge is -2.13. The maximum atomic E-state index is 12.6. The largest absolute Gasteiger partial charge is 0.493 e. The second kappa shape index (κ2) is 9.85. The summed E-state index contributed by atoms with van der Waals surface area (Å²) in [5, 5.41) is 7.30. The number of rotatable bonds is 7. The zero-order valence-corrected chi connectivity index (χ0v) is 16.1. The highest BCUT2D eigenvalue weighted by atomic mass is 32.1. The van der Waals surface area contributed by atoms with E-state index in [1.54, 1.807) is 19.2 Å². The number of thiazole rings is 1. The van der Waals surface area contributed by atoms with E-state index in [1.807, 2.05) is 6.07 Å². The van der Waals surface area contributed by atoms with Gasteiger partial charge in [-0.3, -0.25) is 4.99 Å². The molecule has 0 radical (unpaired) electrons. The molecule has 28 heavy (non-hydrogen) atoms. The molecular formula is C18H19F3N4O2S. The highest BCUT2D eigenvalue weighted by Gasteiger charge is 2.33. The molecule has 2 N–H and O–H groups in total. The van der Waals surface area contributed by atoms with Crippen LogP contribution in [0.3, 0.4) is 0 Å². The molecule has 0 saturated carbocycles. The number of alkyl halides is 3. The number of aliphatic imine (C=N–C) groups is 1. The van der Waals surface area contributed by atoms with Crippen LogP contribution >= 0.6 is 11.3 Å². The predicted molar refractivity (Wildman–Crippen MR) is 101 cm³/mol. The Labute approximate surface area is 164 Å². The van der Waals surface area contributed by atoms with E-state index in [1.165, 1.54) is 7.11 Å². The summed E-state index contributed by atoms with van der Waals surface area (Å²) in [6.07, 6.45) is 0.768. The van der Waals surface area contributed by atoms with Gasteiger partial charge in [-0.15, -0.1) is 17.8 Å². The van der Waals surface area contributed by atoms with Crippen LogP contribution < -0.4 is 20.1 Å². The fraction of sp³-hybridized carbons (Fsp3) is 0.333. The number of benzene rings is 1. The van der Waals surface area contributed by atoms with Crippen molar-refractivity contribution >= 4 is 17.3 Å². The lowest BCUT2D eigenvalue weighted by molar-refractivity contribution is -0.140. The molecule has 0 atom stereocenters. The lowest BCUT2D eigenvalue weighted by atomic mass is 10.2. The average Bonchev–Trinajstić information content (AvgIpc) is 3.16. The molecule has 0 fully saturated rings. The SMILES string of the molecule is C#CCOc1cc(CNC(=NC)NCc2nc(C(F)(F)F)cs2)ccc1OC. The minimum Gasteiger partial charge on any atom is -0.493 e. The highest BCUT2D eigenvalue weighted by molar-refractivity contribution is 7.09. The van der Waals surface area contributed by atoms with E-state index in [-0.39, 0.29) is 13.2 Å². The number of guanidine groups is 1. The number of nitrogens with zero attached hydrogens (tertiary/aromatic N) is 2. The molecule has 0 spiro atoms. The second-order valence-corrected chi connectivity index (χ2v) is 6.32. The third-order valence-corrected chi connectivity index (χ3v) is 4.32. The smallest absolute Gasteiger partial charge is 0.434 e. The lowest BCUT2D eigenvalue weighted by Crippen LogP contribution is -2.36. The first-order chi connectivity index (χ1) is 13.4. The number of halogens is 3. The van der Waals surface area contributed by atoms with Crippen LogP contribution in [0.5, 0.6) is 11.5 Å². The second-order valence-electron chi connectivity index (χ2n) is 5.38. The fourth-order valence-electron chi connectivity index (χ4n) is 2.15. The van der Waals surface area contributed by atoms with Gasteiger partial charge in [-0.2, -0.15) is 13.2 Å². The van der Waals surface area contributed by atoms with E-state index in [0.29, 0.717) is 29.0 Å². The van der Waals surface area contributed by atoms with Crippen molar-refractivity contribution in [2.75, 3.05) is 20.8 Å². The number of aromatic nitrogens is 1. The Kier molecular flexibility index (Phi) is 7.52. The maximum absolute atomic E-state index is 12.6. The van der Waals surface area contributed by atoms with Crippen LogP contribution in [0.15, 0.2) is 28.6 Å². The van der Waals surface area contributed by atoms with Gasteiger partial charge in [0.05, 0.1) is 13.7 Å². The maximum Gasteiger partial charge on any atom is 0.434 e. The Balaban J connectivity index is 1.93. The highest BCUT2D eigenvalue weighted by Crippen LogP contribution is 2.30. The minimum absolute atomic E-state index is 0.115. The van der Waals surface area contributed by atoms with Crippen molar-refractivity contribution in [3.63, 3.8) is 0 Å². The normalized spacial score (nSPS) is 11.6. The van der Waals surface area contributed by atoms with Crippen LogP contribution in [0.2, 0.25) is 0 Å². The molecule has 1 aromatic heterocycles. The van der Waals surface area contributed by atoms with Crippen LogP contribution in [-0.2, 0) is 19.3 Å². The molecule has 0 aliphatic heterocycles. The van der Waals surface area contributed by atoms with Crippen LogP contribution in [0.4, 0.5) is 13.2 Å². The van der Waals surface area contributed by atoms with E-state index in [9.17, 15) is 13.2 Å². The van der Waals surface area contributed by atoms with Gasteiger partial charge in [-0.25, -0.2) is 4.98 Å². The van der Waals surface area contributed by atoms with Gasteiger partial charge in [0.25, 0.3) is 0 Å². The van der Waals surface area contributed by atoms with Crippen molar-refractivity contribution in [1.82, 2.24) is 15.6 Å². The molecule has 2 aromatic rings. The topological polar surface area (TPSA) is 67.8 Å². The van der Waals surface area contributed by atoms with Crippen molar-refractivity contribution in [2.24, 2.45) is 4.99 Å². The van der Waals surface area contributed by atoms with Crippen molar-refractivity contribution in [3.05, 3.63) is 39.8 Å². The summed E-state index contributed by atoms with van der Waals surface area (Å²) in [5.74, 6) is 3.89. The molecular weight excluding hydrogens is 393 g/mol. The molecule has 2 rings (SSSR count). The van der Waals surface area contributed by atoms with E-state index >= 15 is 0 Å². The number of ether oxygens (including phenoxy) is 2. The number of hydrogen-bond acceptors (Lipinski definition) is 5. The van der Waals surface area contributed by atoms with Crippen LogP contribution in [0.25, 0.3) is 0 Å². The van der Waals surface area contributed by atoms with E-state index in [0.717, 1.165) is 22.3 Å². The van der Waals surface area contributed by atoms with Crippen molar-refractivity contribution < 1.29 is 22.6 Å². The zero-order chi connectivity index (χ0) is 20.6. The Morgan fingerprint density at radius 2 is 2.04 bits per heavy atom. The molecule has 1 heterocycles. The molecule has 150 valence electrons. The zero-order valence-electron chi connectivity index (χ0n) is 15.3. The molecule has 1 aromatic carbocycles. The summed E-state index contributed by atoms with van der Waals surface area (Å²) < 4.78 is 48.5. The fourth-order valence-corrected chi connectivity index (χ4v) is 2.89. The van der Waals surface area contributed by atoms with Gasteiger partial charge >= 0.3 is 6.18 Å². The third kappa shape index (κ3) is 6.06. The molecule has 0 aliphatic carbocycles. The van der Waals surface area contributed by atoms with Crippen molar-refractivity contribution in [2.45, 2.75) is 19.3 Å². The molecule has 0 unspecified atom stereocenters. The van der Waals surface area contributed by atoms with E-state index in [4.69, 9.17) is 15.9 Å². The van der Waals surface area contributed by atoms with Gasteiger partial charge in [0.2, 0.25) is 0 Å². The van der Waals surface area contributed by atoms with Gasteiger partial charge in [0, 0.05) is 19.0 Å². The number of hydrogen-bond donors (Lipinski definition) is 2. The van der Waals surface area contributed by atoms with Crippen molar-refractivity contribution in [3.8, 4) is 23.8 Å². The number of nitrogens with one attached hydrogen (secondary N) is 2. The first-order valence-electron chi connectivity index (χ1n) is 8.06. The monoisotopic (exact) mass is 412 g/mol. The first kappa shape index (κ1) is 21.4. The average molecular weight is 412 g/mol. The summed E-state index contributed by atoms with van der Waals surface area (Å²) in [7, 11) is 3.10. The number of terminal acetylenes is 1. The number of methoxy groups -OCH3 is 1. The Morgan fingerprint density at radius 1 is 1.29 bits per heavy atom. The molecule has 0 amide bonds. The van der Waals surface area contributed by atoms with Crippen LogP contribution in [-0.4, -0.2) is 31.7 Å².